The van der Waals surface area contributed by atoms with Crippen LogP contribution in [0.5, 0.6) is 0 Å². The Bertz CT molecular complexity index is 865. The number of carbonyl (C=O) groups is 1. The van der Waals surface area contributed by atoms with Crippen LogP contribution in [0.1, 0.15) is 74.7 Å². The largest absolute Gasteiger partial charge is 0.508 e. The number of hydrogen-bond acceptors (Lipinski definition) is 9. The zero-order chi connectivity index (χ0) is 29.3. The maximum atomic E-state index is 11.9. The van der Waals surface area contributed by atoms with Crippen LogP contribution in [0.15, 0.2) is 52.3 Å². The van der Waals surface area contributed by atoms with Gasteiger partial charge < -0.3 is 28.8 Å². The Morgan fingerprint density at radius 2 is 1.87 bits per heavy atom. The summed E-state index contributed by atoms with van der Waals surface area (Å²) in [6, 6.07) is 0.216. The third-order valence-electron chi connectivity index (χ3n) is 5.56. The fourth-order valence-corrected chi connectivity index (χ4v) is 3.31. The normalized spacial score (nSPS) is 22.2. The molecule has 0 saturated carbocycles. The molecule has 1 saturated heterocycles. The van der Waals surface area contributed by atoms with Gasteiger partial charge >= 0.3 is 6.16 Å². The molecule has 0 aromatic heterocycles. The zero-order valence-corrected chi connectivity index (χ0v) is 24.6. The highest BCUT2D eigenvalue weighted by atomic mass is 19.1. The molecule has 2 heterocycles. The Labute approximate surface area is 227 Å². The van der Waals surface area contributed by atoms with E-state index in [0.717, 1.165) is 11.3 Å². The van der Waals surface area contributed by atoms with Gasteiger partial charge in [0.2, 0.25) is 12.2 Å². The second-order valence-corrected chi connectivity index (χ2v) is 8.75. The van der Waals surface area contributed by atoms with Crippen molar-refractivity contribution in [1.29, 1.82) is 0 Å². The van der Waals surface area contributed by atoms with E-state index in [1.165, 1.54) is 19.8 Å². The smallest absolute Gasteiger partial charge is 0.494 e. The third kappa shape index (κ3) is 13.1. The molecule has 0 aliphatic carbocycles. The second-order valence-electron chi connectivity index (χ2n) is 8.75. The molecule has 3 atom stereocenters. The first-order chi connectivity index (χ1) is 18.0. The lowest BCUT2D eigenvalue weighted by atomic mass is 10.1. The Balaban J connectivity index is 0.000000887. The molecular weight excluding hydrogens is 495 g/mol. The van der Waals surface area contributed by atoms with Gasteiger partial charge in [-0.3, -0.25) is 5.01 Å². The average molecular weight is 543 g/mol. The van der Waals surface area contributed by atoms with Crippen molar-refractivity contribution in [3.05, 3.63) is 47.2 Å². The number of aliphatic hydroxyl groups is 1. The Morgan fingerprint density at radius 1 is 1.21 bits per heavy atom. The number of methoxy groups -OCH3 is 2. The topological polar surface area (TPSA) is 99.1 Å². The van der Waals surface area contributed by atoms with Crippen LogP contribution in [0, 0.1) is 0 Å². The quantitative estimate of drug-likeness (QED) is 0.225. The van der Waals surface area contributed by atoms with Gasteiger partial charge in [0.25, 0.3) is 0 Å². The number of carbonyl (C=O) groups excluding carboxylic acids is 1. The zero-order valence-electron chi connectivity index (χ0n) is 24.6. The van der Waals surface area contributed by atoms with Crippen LogP contribution >= 0.6 is 0 Å². The molecule has 9 nitrogen and oxygen atoms in total. The molecular formula is C28H47FN2O7. The van der Waals surface area contributed by atoms with Crippen LogP contribution in [0.3, 0.4) is 0 Å². The van der Waals surface area contributed by atoms with E-state index in [-0.39, 0.29) is 18.4 Å². The van der Waals surface area contributed by atoms with Crippen LogP contribution in [-0.2, 0) is 23.7 Å². The fraction of sp³-hybridized carbons (Fsp3) is 0.643. The Hall–Kier alpha value is -2.85. The first-order valence-electron chi connectivity index (χ1n) is 12.9. The van der Waals surface area contributed by atoms with Crippen LogP contribution < -0.4 is 0 Å². The maximum Gasteiger partial charge on any atom is 0.508 e. The fourth-order valence-electron chi connectivity index (χ4n) is 3.31. The number of aliphatic hydroxyl groups excluding tert-OH is 1. The lowest BCUT2D eigenvalue weighted by Gasteiger charge is -2.35. The second kappa shape index (κ2) is 19.3. The summed E-state index contributed by atoms with van der Waals surface area (Å²) >= 11 is 0. The number of allylic oxidation sites excluding steroid dienone is 5. The molecule has 0 amide bonds. The summed E-state index contributed by atoms with van der Waals surface area (Å²) in [5, 5.41) is 16.5. The predicted molar refractivity (Wildman–Crippen MR) is 147 cm³/mol. The minimum Gasteiger partial charge on any atom is -0.494 e. The molecule has 10 heteroatoms. The van der Waals surface area contributed by atoms with E-state index in [0.29, 0.717) is 31.5 Å². The summed E-state index contributed by atoms with van der Waals surface area (Å²) in [6.45, 7) is 16.1. The molecule has 2 aliphatic heterocycles. The van der Waals surface area contributed by atoms with Crippen molar-refractivity contribution in [3.8, 4) is 0 Å². The van der Waals surface area contributed by atoms with Crippen molar-refractivity contribution in [3.63, 3.8) is 0 Å². The summed E-state index contributed by atoms with van der Waals surface area (Å²) < 4.78 is 37.5. The highest BCUT2D eigenvalue weighted by Crippen LogP contribution is 2.26. The van der Waals surface area contributed by atoms with E-state index in [1.807, 2.05) is 52.6 Å². The molecule has 218 valence electrons. The Morgan fingerprint density at radius 3 is 2.39 bits per heavy atom. The van der Waals surface area contributed by atoms with Crippen molar-refractivity contribution in [2.45, 2.75) is 99.2 Å². The maximum absolute atomic E-state index is 11.9. The van der Waals surface area contributed by atoms with E-state index < -0.39 is 24.7 Å². The molecule has 0 aromatic rings. The molecule has 0 aromatic carbocycles. The van der Waals surface area contributed by atoms with Gasteiger partial charge in [-0.15, -0.1) is 5.10 Å². The van der Waals surface area contributed by atoms with Gasteiger partial charge in [-0.2, -0.15) is 0 Å². The van der Waals surface area contributed by atoms with Crippen molar-refractivity contribution in [1.82, 2.24) is 5.01 Å². The van der Waals surface area contributed by atoms with Gasteiger partial charge in [-0.05, 0) is 53.2 Å². The molecule has 1 fully saturated rings. The highest BCUT2D eigenvalue weighted by molar-refractivity contribution is 5.79. The van der Waals surface area contributed by atoms with Gasteiger partial charge in [0.05, 0.1) is 26.4 Å². The van der Waals surface area contributed by atoms with Gasteiger partial charge in [-0.25, -0.2) is 9.18 Å². The molecule has 0 spiro atoms. The standard InChI is InChI=1S/C17H28N2O6.C9H13FO.C2H6/c1-10(2)19-12(4)11(3)6-15(18-19)25-16-8-13(20)7-14(24-16)9-23-17(21)22-5;1-4-8(2)5-6-9(7-10)11-3;1-2/h10,13-14,16,20H,6-9H2,1-5H3;4-7H,1-3H3;1-2H3/b;6-5-,8-4-,9-7-;. The van der Waals surface area contributed by atoms with Gasteiger partial charge in [-0.1, -0.05) is 31.6 Å². The minimum absolute atomic E-state index is 0.00618. The molecule has 3 unspecified atom stereocenters. The lowest BCUT2D eigenvalue weighted by molar-refractivity contribution is -0.192. The molecule has 2 aliphatic rings. The van der Waals surface area contributed by atoms with Crippen molar-refractivity contribution in [2.24, 2.45) is 5.10 Å². The van der Waals surface area contributed by atoms with Crippen molar-refractivity contribution in [2.75, 3.05) is 20.8 Å². The number of halogens is 1. The molecule has 2 rings (SSSR count). The number of rotatable bonds is 7. The number of nitrogens with zero attached hydrogens (tertiary/aromatic N) is 2. The summed E-state index contributed by atoms with van der Waals surface area (Å²) in [5.74, 6) is 0.787. The summed E-state index contributed by atoms with van der Waals surface area (Å²) in [4.78, 5) is 11.1. The van der Waals surface area contributed by atoms with Crippen molar-refractivity contribution < 1.29 is 38.0 Å². The molecule has 0 radical (unpaired) electrons. The van der Waals surface area contributed by atoms with Crippen molar-refractivity contribution >= 4 is 12.1 Å². The predicted octanol–water partition coefficient (Wildman–Crippen LogP) is 6.37. The first-order valence-corrected chi connectivity index (χ1v) is 12.9. The van der Waals surface area contributed by atoms with E-state index in [4.69, 9.17) is 14.2 Å². The van der Waals surface area contributed by atoms with Gasteiger partial charge in [0.1, 0.15) is 18.7 Å². The third-order valence-corrected chi connectivity index (χ3v) is 5.56. The van der Waals surface area contributed by atoms with Gasteiger partial charge in [0, 0.05) is 31.0 Å². The molecule has 0 bridgehead atoms. The summed E-state index contributed by atoms with van der Waals surface area (Å²) in [7, 11) is 2.67. The first kappa shape index (κ1) is 35.2. The van der Waals surface area contributed by atoms with Crippen LogP contribution in [-0.4, -0.2) is 67.5 Å². The number of hydrazone groups is 1. The van der Waals surface area contributed by atoms with Crippen LogP contribution in [0.2, 0.25) is 0 Å². The van der Waals surface area contributed by atoms with Gasteiger partial charge in [0.15, 0.2) is 0 Å². The minimum atomic E-state index is -0.776. The highest BCUT2D eigenvalue weighted by Gasteiger charge is 2.32. The van der Waals surface area contributed by atoms with E-state index in [1.54, 1.807) is 12.2 Å². The van der Waals surface area contributed by atoms with E-state index in [9.17, 15) is 14.3 Å². The lowest BCUT2D eigenvalue weighted by Crippen LogP contribution is -2.41. The molecule has 38 heavy (non-hydrogen) atoms. The molecule has 1 N–H and O–H groups in total. The van der Waals surface area contributed by atoms with E-state index in [2.05, 4.69) is 28.4 Å². The SMILES string of the molecule is CC.COC(=O)OCC1CC(O)CC(OC2=NN(C(C)C)C(C)=C(C)C2)O1.C\C=C(C)/C=C\C(=C\F)OC. The number of hydrogen-bond donors (Lipinski definition) is 1. The number of ether oxygens (including phenoxy) is 5. The average Bonchev–Trinajstić information content (AvgIpc) is 2.90. The monoisotopic (exact) mass is 542 g/mol. The van der Waals surface area contributed by atoms with Crippen LogP contribution in [0.25, 0.3) is 0 Å². The Kier molecular flexibility index (Phi) is 17.8. The summed E-state index contributed by atoms with van der Waals surface area (Å²) in [6.07, 6.45) is 4.61. The van der Waals surface area contributed by atoms with Crippen LogP contribution in [0.4, 0.5) is 9.18 Å². The summed E-state index contributed by atoms with van der Waals surface area (Å²) in [5.41, 5.74) is 3.37. The van der Waals surface area contributed by atoms with E-state index >= 15 is 0 Å².